The third-order valence-electron chi connectivity index (χ3n) is 4.81. The van der Waals surface area contributed by atoms with Gasteiger partial charge in [-0.3, -0.25) is 4.79 Å². The number of rotatable bonds is 4. The molecule has 0 amide bonds. The van der Waals surface area contributed by atoms with Gasteiger partial charge in [-0.1, -0.05) is 25.2 Å². The SMILES string of the molecule is COC(=O)CCN1CCC(C2=CC(C)C(C(F)(F)F)C=C2)CC1. The van der Waals surface area contributed by atoms with Gasteiger partial charge in [0.25, 0.3) is 0 Å². The summed E-state index contributed by atoms with van der Waals surface area (Å²) < 4.78 is 43.2. The third kappa shape index (κ3) is 4.83. The van der Waals surface area contributed by atoms with Crippen molar-refractivity contribution in [3.63, 3.8) is 0 Å². The van der Waals surface area contributed by atoms with Gasteiger partial charge in [-0.2, -0.15) is 13.2 Å². The molecule has 1 aliphatic heterocycles. The van der Waals surface area contributed by atoms with E-state index >= 15 is 0 Å². The Balaban J connectivity index is 1.84. The first-order valence-electron chi connectivity index (χ1n) is 8.07. The number of carbonyl (C=O) groups is 1. The summed E-state index contributed by atoms with van der Waals surface area (Å²) >= 11 is 0. The van der Waals surface area contributed by atoms with Crippen molar-refractivity contribution in [3.8, 4) is 0 Å². The van der Waals surface area contributed by atoms with Gasteiger partial charge in [0.1, 0.15) is 0 Å². The first kappa shape index (κ1) is 18.0. The summed E-state index contributed by atoms with van der Waals surface area (Å²) in [5, 5.41) is 0. The van der Waals surface area contributed by atoms with E-state index in [2.05, 4.69) is 9.64 Å². The molecule has 1 fully saturated rings. The minimum Gasteiger partial charge on any atom is -0.469 e. The molecule has 0 radical (unpaired) electrons. The van der Waals surface area contributed by atoms with Crippen LogP contribution in [0.4, 0.5) is 13.2 Å². The average molecular weight is 331 g/mol. The van der Waals surface area contributed by atoms with Crippen LogP contribution in [0.1, 0.15) is 26.2 Å². The lowest BCUT2D eigenvalue weighted by Gasteiger charge is -2.34. The van der Waals surface area contributed by atoms with Crippen molar-refractivity contribution in [2.75, 3.05) is 26.7 Å². The Hall–Kier alpha value is -1.30. The summed E-state index contributed by atoms with van der Waals surface area (Å²) in [4.78, 5) is 13.4. The quantitative estimate of drug-likeness (QED) is 0.738. The number of esters is 1. The average Bonchev–Trinajstić information content (AvgIpc) is 2.51. The van der Waals surface area contributed by atoms with Crippen molar-refractivity contribution < 1.29 is 22.7 Å². The Morgan fingerprint density at radius 2 is 2.00 bits per heavy atom. The van der Waals surface area contributed by atoms with E-state index in [4.69, 9.17) is 0 Å². The van der Waals surface area contributed by atoms with Crippen molar-refractivity contribution >= 4 is 5.97 Å². The van der Waals surface area contributed by atoms with Crippen LogP contribution in [0, 0.1) is 17.8 Å². The van der Waals surface area contributed by atoms with Gasteiger partial charge in [-0.05, 0) is 43.3 Å². The molecular weight excluding hydrogens is 307 g/mol. The Morgan fingerprint density at radius 3 is 2.52 bits per heavy atom. The molecule has 2 unspecified atom stereocenters. The molecule has 0 N–H and O–H groups in total. The van der Waals surface area contributed by atoms with Crippen molar-refractivity contribution in [1.82, 2.24) is 4.90 Å². The number of hydrogen-bond donors (Lipinski definition) is 0. The predicted molar refractivity (Wildman–Crippen MR) is 81.7 cm³/mol. The summed E-state index contributed by atoms with van der Waals surface area (Å²) in [6.07, 6.45) is 2.80. The van der Waals surface area contributed by atoms with Crippen LogP contribution < -0.4 is 0 Å². The van der Waals surface area contributed by atoms with Gasteiger partial charge in [0.15, 0.2) is 0 Å². The van der Waals surface area contributed by atoms with E-state index in [-0.39, 0.29) is 5.97 Å². The van der Waals surface area contributed by atoms with Crippen molar-refractivity contribution in [2.24, 2.45) is 17.8 Å². The van der Waals surface area contributed by atoms with E-state index < -0.39 is 18.0 Å². The monoisotopic (exact) mass is 331 g/mol. The zero-order valence-corrected chi connectivity index (χ0v) is 13.6. The summed E-state index contributed by atoms with van der Waals surface area (Å²) in [7, 11) is 1.38. The van der Waals surface area contributed by atoms with Crippen LogP contribution in [0.5, 0.6) is 0 Å². The third-order valence-corrected chi connectivity index (χ3v) is 4.81. The minimum atomic E-state index is -4.17. The molecule has 2 rings (SSSR count). The van der Waals surface area contributed by atoms with Gasteiger partial charge >= 0.3 is 12.1 Å². The van der Waals surface area contributed by atoms with E-state index in [9.17, 15) is 18.0 Å². The number of allylic oxidation sites excluding steroid dienone is 4. The topological polar surface area (TPSA) is 29.5 Å². The summed E-state index contributed by atoms with van der Waals surface area (Å²) in [5.41, 5.74) is 1.03. The molecule has 1 aliphatic carbocycles. The molecule has 1 saturated heterocycles. The van der Waals surface area contributed by atoms with E-state index in [0.717, 1.165) is 31.5 Å². The maximum absolute atomic E-state index is 12.9. The van der Waals surface area contributed by atoms with Crippen LogP contribution in [-0.2, 0) is 9.53 Å². The minimum absolute atomic E-state index is 0.211. The molecular formula is C17H24F3NO2. The normalized spacial score (nSPS) is 26.9. The molecule has 1 heterocycles. The first-order valence-corrected chi connectivity index (χ1v) is 8.07. The highest BCUT2D eigenvalue weighted by Gasteiger charge is 2.42. The number of carbonyl (C=O) groups excluding carboxylic acids is 1. The highest BCUT2D eigenvalue weighted by Crippen LogP contribution is 2.39. The summed E-state index contributed by atoms with van der Waals surface area (Å²) in [6, 6.07) is 0. The fourth-order valence-corrected chi connectivity index (χ4v) is 3.37. The van der Waals surface area contributed by atoms with Gasteiger partial charge in [-0.15, -0.1) is 0 Å². The molecule has 0 aromatic heterocycles. The lowest BCUT2D eigenvalue weighted by molar-refractivity contribution is -0.169. The fraction of sp³-hybridized carbons (Fsp3) is 0.706. The molecule has 0 spiro atoms. The lowest BCUT2D eigenvalue weighted by atomic mass is 9.80. The molecule has 3 nitrogen and oxygen atoms in total. The highest BCUT2D eigenvalue weighted by atomic mass is 19.4. The van der Waals surface area contributed by atoms with E-state index in [1.165, 1.54) is 13.2 Å². The second kappa shape index (κ2) is 7.51. The largest absolute Gasteiger partial charge is 0.469 e. The second-order valence-electron chi connectivity index (χ2n) is 6.39. The van der Waals surface area contributed by atoms with Crippen LogP contribution in [0.2, 0.25) is 0 Å². The van der Waals surface area contributed by atoms with Crippen LogP contribution in [0.15, 0.2) is 23.8 Å². The molecule has 130 valence electrons. The molecule has 6 heteroatoms. The number of halogens is 3. The molecule has 23 heavy (non-hydrogen) atoms. The van der Waals surface area contributed by atoms with Crippen LogP contribution in [0.25, 0.3) is 0 Å². The van der Waals surface area contributed by atoms with E-state index in [0.29, 0.717) is 18.9 Å². The number of piperidine rings is 1. The second-order valence-corrected chi connectivity index (χ2v) is 6.39. The maximum Gasteiger partial charge on any atom is 0.395 e. The molecule has 0 bridgehead atoms. The molecule has 0 aromatic carbocycles. The molecule has 2 aliphatic rings. The maximum atomic E-state index is 12.9. The number of likely N-dealkylation sites (tertiary alicyclic amines) is 1. The predicted octanol–water partition coefficient (Wildman–Crippen LogP) is 3.57. The number of ether oxygens (including phenoxy) is 1. The number of alkyl halides is 3. The Bertz CT molecular complexity index is 477. The lowest BCUT2D eigenvalue weighted by Crippen LogP contribution is -2.36. The van der Waals surface area contributed by atoms with Crippen molar-refractivity contribution in [1.29, 1.82) is 0 Å². The number of nitrogens with zero attached hydrogens (tertiary/aromatic N) is 1. The Morgan fingerprint density at radius 1 is 1.35 bits per heavy atom. The van der Waals surface area contributed by atoms with Crippen molar-refractivity contribution in [3.05, 3.63) is 23.8 Å². The molecule has 2 atom stereocenters. The molecule has 0 saturated carbocycles. The zero-order valence-electron chi connectivity index (χ0n) is 13.6. The first-order chi connectivity index (χ1) is 10.8. The van der Waals surface area contributed by atoms with Crippen LogP contribution in [0.3, 0.4) is 0 Å². The molecule has 0 aromatic rings. The van der Waals surface area contributed by atoms with Gasteiger partial charge in [0, 0.05) is 6.54 Å². The smallest absolute Gasteiger partial charge is 0.395 e. The van der Waals surface area contributed by atoms with Gasteiger partial charge in [0.2, 0.25) is 0 Å². The van der Waals surface area contributed by atoms with Gasteiger partial charge < -0.3 is 9.64 Å². The number of hydrogen-bond acceptors (Lipinski definition) is 3. The Labute approximate surface area is 135 Å². The summed E-state index contributed by atoms with van der Waals surface area (Å²) in [5.74, 6) is -1.77. The summed E-state index contributed by atoms with van der Waals surface area (Å²) in [6.45, 7) is 4.04. The highest BCUT2D eigenvalue weighted by molar-refractivity contribution is 5.69. The Kier molecular flexibility index (Phi) is 5.89. The van der Waals surface area contributed by atoms with Crippen molar-refractivity contribution in [2.45, 2.75) is 32.4 Å². The zero-order chi connectivity index (χ0) is 17.0. The van der Waals surface area contributed by atoms with Gasteiger partial charge in [0.05, 0.1) is 19.4 Å². The van der Waals surface area contributed by atoms with Crippen LogP contribution in [-0.4, -0.2) is 43.8 Å². The van der Waals surface area contributed by atoms with Crippen LogP contribution >= 0.6 is 0 Å². The number of methoxy groups -OCH3 is 1. The standard InChI is InChI=1S/C17H24F3NO2/c1-12-11-14(3-4-15(12)17(18,19)20)13-5-8-21(9-6-13)10-7-16(22)23-2/h3-4,11-13,15H,5-10H2,1-2H3. The van der Waals surface area contributed by atoms with Gasteiger partial charge in [-0.25, -0.2) is 0 Å². The van der Waals surface area contributed by atoms with E-state index in [1.54, 1.807) is 19.1 Å². The van der Waals surface area contributed by atoms with E-state index in [1.807, 2.05) is 0 Å². The fourth-order valence-electron chi connectivity index (χ4n) is 3.37.